The number of hydrogen-bond acceptors (Lipinski definition) is 5. The van der Waals surface area contributed by atoms with E-state index in [4.69, 9.17) is 16.3 Å². The summed E-state index contributed by atoms with van der Waals surface area (Å²) in [6.45, 7) is 4.42. The summed E-state index contributed by atoms with van der Waals surface area (Å²) in [5, 5.41) is 12.2. The van der Waals surface area contributed by atoms with Gasteiger partial charge < -0.3 is 14.7 Å². The van der Waals surface area contributed by atoms with E-state index in [9.17, 15) is 9.90 Å². The fourth-order valence-electron chi connectivity index (χ4n) is 6.77. The van der Waals surface area contributed by atoms with Crippen LogP contribution in [0.5, 0.6) is 5.75 Å². The minimum Gasteiger partial charge on any atom is -0.490 e. The van der Waals surface area contributed by atoms with Crippen molar-refractivity contribution in [2.24, 2.45) is 11.8 Å². The molecule has 0 aromatic heterocycles. The van der Waals surface area contributed by atoms with E-state index in [1.807, 2.05) is 30.3 Å². The Morgan fingerprint density at radius 1 is 1.21 bits per heavy atom. The maximum absolute atomic E-state index is 13.2. The normalized spacial score (nSPS) is 31.9. The number of amides is 1. The predicted molar refractivity (Wildman–Crippen MR) is 155 cm³/mol. The molecule has 4 aliphatic rings. The van der Waals surface area contributed by atoms with Crippen molar-refractivity contribution in [1.82, 2.24) is 4.72 Å². The third kappa shape index (κ3) is 4.96. The van der Waals surface area contributed by atoms with Crippen molar-refractivity contribution in [3.63, 3.8) is 0 Å². The number of carbonyl (C=O) groups is 1. The van der Waals surface area contributed by atoms with Crippen LogP contribution in [0, 0.1) is 11.8 Å². The highest BCUT2D eigenvalue weighted by Gasteiger charge is 2.45. The molecule has 2 N–H and O–H groups in total. The maximum Gasteiger partial charge on any atom is 0.261 e. The molecule has 2 aromatic rings. The quantitative estimate of drug-likeness (QED) is 0.320. The SMILES string of the molecule is CC[C@H]1CC/C=C/[C@H](O)[C@@H]2CC[C@H]2CN2C[C@@]3(CCc4cc(Cl)ccc43)COc3ccc(cc32)C(=O)NS1. The van der Waals surface area contributed by atoms with Gasteiger partial charge >= 0.3 is 0 Å². The first-order valence-electron chi connectivity index (χ1n) is 14.1. The smallest absolute Gasteiger partial charge is 0.261 e. The largest absolute Gasteiger partial charge is 0.490 e. The standard InChI is InChI=1S/C31H37ClN2O3S/c1-2-24-5-3-4-6-28(35)25-10-7-22(25)17-34-18-31(14-13-20-15-23(32)9-11-26(20)31)19-37-29-12-8-21(16-27(29)34)30(36)33-38-24/h4,6,8-9,11-12,15-16,22,24-25,28,35H,2-3,5,7,10,13-14,17-19H2,1H3,(H,33,36)/b6-4+/t22-,24-,25+,28-,31-/m0/s1. The summed E-state index contributed by atoms with van der Waals surface area (Å²) in [7, 11) is 0. The number of nitrogens with zero attached hydrogens (tertiary/aromatic N) is 1. The number of hydrogen-bond donors (Lipinski definition) is 2. The van der Waals surface area contributed by atoms with Crippen LogP contribution in [0.3, 0.4) is 0 Å². The number of nitrogens with one attached hydrogen (secondary N) is 1. The van der Waals surface area contributed by atoms with E-state index >= 15 is 0 Å². The number of aliphatic hydroxyl groups excluding tert-OH is 1. The molecule has 0 unspecified atom stereocenters. The number of allylic oxidation sites excluding steroid dienone is 1. The number of fused-ring (bicyclic) bond motifs is 4. The van der Waals surface area contributed by atoms with E-state index in [1.165, 1.54) is 23.1 Å². The van der Waals surface area contributed by atoms with Gasteiger partial charge in [-0.05, 0) is 110 Å². The monoisotopic (exact) mass is 552 g/mol. The lowest BCUT2D eigenvalue weighted by atomic mass is 9.70. The van der Waals surface area contributed by atoms with Gasteiger partial charge in [0.25, 0.3) is 5.91 Å². The van der Waals surface area contributed by atoms with E-state index in [-0.39, 0.29) is 17.2 Å². The Balaban J connectivity index is 1.37. The molecule has 2 aliphatic carbocycles. The molecule has 1 amide bonds. The summed E-state index contributed by atoms with van der Waals surface area (Å²) >= 11 is 7.86. The second kappa shape index (κ2) is 10.8. The first kappa shape index (κ1) is 26.1. The predicted octanol–water partition coefficient (Wildman–Crippen LogP) is 6.32. The van der Waals surface area contributed by atoms with E-state index in [1.54, 1.807) is 0 Å². The summed E-state index contributed by atoms with van der Waals surface area (Å²) < 4.78 is 9.63. The summed E-state index contributed by atoms with van der Waals surface area (Å²) in [6, 6.07) is 12.1. The van der Waals surface area contributed by atoms with Crippen LogP contribution in [0.1, 0.15) is 66.9 Å². The van der Waals surface area contributed by atoms with Gasteiger partial charge in [0, 0.05) is 34.3 Å². The molecule has 202 valence electrons. The third-order valence-electron chi connectivity index (χ3n) is 9.20. The first-order chi connectivity index (χ1) is 18.5. The molecule has 5 atom stereocenters. The summed E-state index contributed by atoms with van der Waals surface area (Å²) in [5.74, 6) is 1.43. The topological polar surface area (TPSA) is 61.8 Å². The number of anilines is 1. The van der Waals surface area contributed by atoms with Crippen molar-refractivity contribution >= 4 is 35.1 Å². The van der Waals surface area contributed by atoms with Crippen LogP contribution in [-0.4, -0.2) is 42.1 Å². The zero-order valence-corrected chi connectivity index (χ0v) is 23.6. The molecule has 2 aromatic carbocycles. The molecule has 0 radical (unpaired) electrons. The Hall–Kier alpha value is -2.15. The molecular formula is C31H37ClN2O3S. The Morgan fingerprint density at radius 3 is 2.92 bits per heavy atom. The molecule has 1 fully saturated rings. The number of aryl methyl sites for hydroxylation is 1. The maximum atomic E-state index is 13.2. The highest BCUT2D eigenvalue weighted by Crippen LogP contribution is 2.47. The lowest BCUT2D eigenvalue weighted by Gasteiger charge is -2.43. The van der Waals surface area contributed by atoms with Gasteiger partial charge in [-0.1, -0.05) is 36.7 Å². The Labute approximate surface area is 235 Å². The molecule has 38 heavy (non-hydrogen) atoms. The number of aliphatic hydroxyl groups is 1. The van der Waals surface area contributed by atoms with E-state index in [0.29, 0.717) is 23.3 Å². The average molecular weight is 553 g/mol. The molecule has 2 heterocycles. The van der Waals surface area contributed by atoms with Crippen LogP contribution in [0.4, 0.5) is 5.69 Å². The van der Waals surface area contributed by atoms with Gasteiger partial charge in [0.1, 0.15) is 5.75 Å². The van der Waals surface area contributed by atoms with Crippen LogP contribution in [0.25, 0.3) is 0 Å². The van der Waals surface area contributed by atoms with Crippen molar-refractivity contribution in [2.45, 2.75) is 68.6 Å². The molecule has 2 aliphatic heterocycles. The molecule has 0 saturated heterocycles. The number of ether oxygens (including phenoxy) is 1. The van der Waals surface area contributed by atoms with Crippen LogP contribution in [0.2, 0.25) is 5.02 Å². The van der Waals surface area contributed by atoms with E-state index < -0.39 is 6.10 Å². The number of rotatable bonds is 1. The van der Waals surface area contributed by atoms with Crippen LogP contribution in [-0.2, 0) is 11.8 Å². The molecule has 7 heteroatoms. The highest BCUT2D eigenvalue weighted by molar-refractivity contribution is 7.98. The molecular weight excluding hydrogens is 516 g/mol. The lowest BCUT2D eigenvalue weighted by Crippen LogP contribution is -2.47. The average Bonchev–Trinajstić information content (AvgIpc) is 3.16. The van der Waals surface area contributed by atoms with E-state index in [0.717, 1.165) is 74.5 Å². The summed E-state index contributed by atoms with van der Waals surface area (Å²) in [5.41, 5.74) is 4.15. The Morgan fingerprint density at radius 2 is 2.11 bits per heavy atom. The van der Waals surface area contributed by atoms with Crippen LogP contribution >= 0.6 is 23.5 Å². The van der Waals surface area contributed by atoms with E-state index in [2.05, 4.69) is 34.8 Å². The van der Waals surface area contributed by atoms with Gasteiger partial charge in [0.05, 0.1) is 18.4 Å². The van der Waals surface area contributed by atoms with Gasteiger partial charge in [-0.15, -0.1) is 0 Å². The second-order valence-corrected chi connectivity index (χ2v) is 13.1. The molecule has 5 nitrogen and oxygen atoms in total. The number of benzene rings is 2. The van der Waals surface area contributed by atoms with Crippen molar-refractivity contribution in [1.29, 1.82) is 0 Å². The lowest BCUT2D eigenvalue weighted by molar-refractivity contribution is 0.0457. The van der Waals surface area contributed by atoms with Crippen LogP contribution < -0.4 is 14.4 Å². The minimum absolute atomic E-state index is 0.0596. The van der Waals surface area contributed by atoms with Crippen molar-refractivity contribution in [3.05, 3.63) is 70.3 Å². The molecule has 2 bridgehead atoms. The third-order valence-corrected chi connectivity index (χ3v) is 10.6. The summed E-state index contributed by atoms with van der Waals surface area (Å²) in [4.78, 5) is 15.7. The van der Waals surface area contributed by atoms with Gasteiger partial charge in [-0.25, -0.2) is 0 Å². The van der Waals surface area contributed by atoms with Crippen molar-refractivity contribution in [3.8, 4) is 5.75 Å². The van der Waals surface area contributed by atoms with Gasteiger partial charge in [-0.3, -0.25) is 9.52 Å². The first-order valence-corrected chi connectivity index (χ1v) is 15.3. The van der Waals surface area contributed by atoms with Gasteiger partial charge in [0.2, 0.25) is 0 Å². The van der Waals surface area contributed by atoms with Crippen molar-refractivity contribution < 1.29 is 14.6 Å². The molecule has 6 rings (SSSR count). The second-order valence-electron chi connectivity index (χ2n) is 11.5. The fourth-order valence-corrected chi connectivity index (χ4v) is 7.78. The van der Waals surface area contributed by atoms with Crippen LogP contribution in [0.15, 0.2) is 48.6 Å². The van der Waals surface area contributed by atoms with Gasteiger partial charge in [0.15, 0.2) is 0 Å². The summed E-state index contributed by atoms with van der Waals surface area (Å²) in [6.07, 6.45) is 10.7. The Kier molecular flexibility index (Phi) is 7.41. The zero-order chi connectivity index (χ0) is 26.3. The minimum atomic E-state index is -0.411. The highest BCUT2D eigenvalue weighted by atomic mass is 35.5. The number of carbonyl (C=O) groups excluding carboxylic acids is 1. The number of halogens is 1. The fraction of sp³-hybridized carbons (Fsp3) is 0.516. The van der Waals surface area contributed by atoms with Gasteiger partial charge in [-0.2, -0.15) is 0 Å². The van der Waals surface area contributed by atoms with Crippen molar-refractivity contribution in [2.75, 3.05) is 24.6 Å². The zero-order valence-electron chi connectivity index (χ0n) is 22.0. The Bertz CT molecular complexity index is 1240. The molecule has 1 saturated carbocycles. The molecule has 1 spiro atoms.